The van der Waals surface area contributed by atoms with E-state index in [9.17, 15) is 0 Å². The normalized spacial score (nSPS) is 11.5. The molecular formula is C57H36N4S. The van der Waals surface area contributed by atoms with Gasteiger partial charge in [0.05, 0.1) is 11.0 Å². The molecule has 0 saturated carbocycles. The first-order chi connectivity index (χ1) is 30.7. The SMILES string of the molecule is c1ccc(-c2nc(-c3ccccc3)nc(-c3cc(-c4ccccc4-c4ccccc4)ccc3-c3ccc4c(c3)sc3cc5c(cc34)c3ccccc3n5-c3ccccc3)n2)cc1. The van der Waals surface area contributed by atoms with Crippen LogP contribution in [-0.2, 0) is 0 Å². The van der Waals surface area contributed by atoms with Crippen LogP contribution in [0.4, 0.5) is 0 Å². The summed E-state index contributed by atoms with van der Waals surface area (Å²) in [6.45, 7) is 0. The molecule has 0 saturated heterocycles. The predicted molar refractivity (Wildman–Crippen MR) is 260 cm³/mol. The highest BCUT2D eigenvalue weighted by Crippen LogP contribution is 2.44. The van der Waals surface area contributed by atoms with Gasteiger partial charge in [-0.15, -0.1) is 11.3 Å². The number of hydrogen-bond acceptors (Lipinski definition) is 4. The van der Waals surface area contributed by atoms with Crippen molar-refractivity contribution in [2.45, 2.75) is 0 Å². The maximum atomic E-state index is 5.26. The summed E-state index contributed by atoms with van der Waals surface area (Å²) in [6, 6.07) is 77.5. The maximum absolute atomic E-state index is 5.26. The van der Waals surface area contributed by atoms with E-state index in [1.54, 1.807) is 0 Å². The Kier molecular flexibility index (Phi) is 8.65. The molecule has 9 aromatic carbocycles. The molecule has 290 valence electrons. The van der Waals surface area contributed by atoms with Gasteiger partial charge in [0.15, 0.2) is 17.5 Å². The van der Waals surface area contributed by atoms with Gasteiger partial charge in [-0.3, -0.25) is 0 Å². The largest absolute Gasteiger partial charge is 0.309 e. The van der Waals surface area contributed by atoms with Crippen molar-refractivity contribution >= 4 is 53.3 Å². The molecule has 0 N–H and O–H groups in total. The molecule has 5 heteroatoms. The van der Waals surface area contributed by atoms with Gasteiger partial charge in [0.2, 0.25) is 0 Å². The molecule has 0 unspecified atom stereocenters. The molecule has 62 heavy (non-hydrogen) atoms. The van der Waals surface area contributed by atoms with Crippen LogP contribution in [0, 0.1) is 0 Å². The van der Waals surface area contributed by atoms with Crippen molar-refractivity contribution in [2.24, 2.45) is 0 Å². The van der Waals surface area contributed by atoms with Crippen molar-refractivity contribution in [1.29, 1.82) is 0 Å². The van der Waals surface area contributed by atoms with Crippen molar-refractivity contribution in [3.63, 3.8) is 0 Å². The number of nitrogens with zero attached hydrogens (tertiary/aromatic N) is 4. The van der Waals surface area contributed by atoms with E-state index in [1.165, 1.54) is 53.1 Å². The van der Waals surface area contributed by atoms with Crippen LogP contribution in [-0.4, -0.2) is 19.5 Å². The van der Waals surface area contributed by atoms with Gasteiger partial charge < -0.3 is 4.57 Å². The zero-order valence-electron chi connectivity index (χ0n) is 33.5. The Morgan fingerprint density at radius 1 is 0.290 bits per heavy atom. The average molecular weight is 809 g/mol. The minimum atomic E-state index is 0.624. The lowest BCUT2D eigenvalue weighted by Gasteiger charge is -2.16. The molecule has 4 nitrogen and oxygen atoms in total. The predicted octanol–water partition coefficient (Wildman–Crippen LogP) is 15.3. The maximum Gasteiger partial charge on any atom is 0.164 e. The molecule has 0 atom stereocenters. The van der Waals surface area contributed by atoms with Crippen LogP contribution in [0.2, 0.25) is 0 Å². The Balaban J connectivity index is 1.07. The second-order valence-corrected chi connectivity index (χ2v) is 16.7. The van der Waals surface area contributed by atoms with Crippen LogP contribution < -0.4 is 0 Å². The topological polar surface area (TPSA) is 43.6 Å². The Labute approximate surface area is 362 Å². The van der Waals surface area contributed by atoms with E-state index in [-0.39, 0.29) is 0 Å². The lowest BCUT2D eigenvalue weighted by atomic mass is 9.90. The third-order valence-electron chi connectivity index (χ3n) is 11.9. The number of para-hydroxylation sites is 2. The molecule has 3 heterocycles. The Hall–Kier alpha value is -7.99. The Morgan fingerprint density at radius 3 is 1.50 bits per heavy atom. The molecule has 0 aliphatic carbocycles. The molecule has 0 spiro atoms. The molecule has 3 aromatic heterocycles. The molecule has 0 bridgehead atoms. The third kappa shape index (κ3) is 6.18. The molecule has 0 fully saturated rings. The molecule has 0 aliphatic heterocycles. The second kappa shape index (κ2) is 14.9. The van der Waals surface area contributed by atoms with Crippen molar-refractivity contribution in [2.75, 3.05) is 0 Å². The molecule has 12 aromatic rings. The van der Waals surface area contributed by atoms with Gasteiger partial charge in [-0.25, -0.2) is 15.0 Å². The fourth-order valence-corrected chi connectivity index (χ4v) is 10.1. The van der Waals surface area contributed by atoms with E-state index >= 15 is 0 Å². The van der Waals surface area contributed by atoms with E-state index < -0.39 is 0 Å². The van der Waals surface area contributed by atoms with Crippen LogP contribution in [0.15, 0.2) is 218 Å². The van der Waals surface area contributed by atoms with Crippen molar-refractivity contribution < 1.29 is 0 Å². The lowest BCUT2D eigenvalue weighted by Crippen LogP contribution is -2.01. The van der Waals surface area contributed by atoms with Crippen LogP contribution in [0.1, 0.15) is 0 Å². The minimum Gasteiger partial charge on any atom is -0.309 e. The van der Waals surface area contributed by atoms with Gasteiger partial charge in [-0.1, -0.05) is 176 Å². The number of hydrogen-bond donors (Lipinski definition) is 0. The Morgan fingerprint density at radius 2 is 0.806 bits per heavy atom. The summed E-state index contributed by atoms with van der Waals surface area (Å²) >= 11 is 1.85. The first-order valence-corrected chi connectivity index (χ1v) is 21.7. The standard InChI is InChI=1S/C57H36N4S/c1-5-17-37(18-6-1)43-25-13-14-26-44(43)40-29-31-45(50(33-40)57-59-55(38-19-7-2-8-20-38)58-56(60-57)39-21-9-3-10-22-39)41-30-32-47-49-35-48-46-27-15-16-28-51(46)61(42-23-11-4-12-24-42)52(48)36-54(49)62-53(47)34-41/h1-36H. The zero-order valence-corrected chi connectivity index (χ0v) is 34.3. The number of fused-ring (bicyclic) bond motifs is 6. The smallest absolute Gasteiger partial charge is 0.164 e. The quantitative estimate of drug-likeness (QED) is 0.161. The van der Waals surface area contributed by atoms with E-state index in [0.717, 1.165) is 44.6 Å². The summed E-state index contributed by atoms with van der Waals surface area (Å²) in [6.07, 6.45) is 0. The van der Waals surface area contributed by atoms with Crippen LogP contribution in [0.25, 0.3) is 115 Å². The van der Waals surface area contributed by atoms with E-state index in [2.05, 4.69) is 187 Å². The molecular weight excluding hydrogens is 773 g/mol. The summed E-state index contributed by atoms with van der Waals surface area (Å²) in [7, 11) is 0. The highest BCUT2D eigenvalue weighted by molar-refractivity contribution is 7.26. The van der Waals surface area contributed by atoms with Gasteiger partial charge in [0.1, 0.15) is 0 Å². The average Bonchev–Trinajstić information content (AvgIpc) is 3.88. The highest BCUT2D eigenvalue weighted by Gasteiger charge is 2.20. The first kappa shape index (κ1) is 35.9. The fourth-order valence-electron chi connectivity index (χ4n) is 8.94. The van der Waals surface area contributed by atoms with Crippen LogP contribution in [0.5, 0.6) is 0 Å². The van der Waals surface area contributed by atoms with E-state index in [4.69, 9.17) is 15.0 Å². The number of rotatable bonds is 7. The van der Waals surface area contributed by atoms with Crippen LogP contribution in [0.3, 0.4) is 0 Å². The molecule has 0 amide bonds. The minimum absolute atomic E-state index is 0.624. The first-order valence-electron chi connectivity index (χ1n) is 20.8. The van der Waals surface area contributed by atoms with Crippen LogP contribution >= 0.6 is 11.3 Å². The van der Waals surface area contributed by atoms with Crippen molar-refractivity contribution in [3.8, 4) is 73.2 Å². The number of thiophene rings is 1. The van der Waals surface area contributed by atoms with Crippen molar-refractivity contribution in [3.05, 3.63) is 218 Å². The lowest BCUT2D eigenvalue weighted by molar-refractivity contribution is 1.07. The monoisotopic (exact) mass is 808 g/mol. The van der Waals surface area contributed by atoms with E-state index in [1.807, 2.05) is 47.7 Å². The van der Waals surface area contributed by atoms with Crippen molar-refractivity contribution in [1.82, 2.24) is 19.5 Å². The van der Waals surface area contributed by atoms with Gasteiger partial charge in [0.25, 0.3) is 0 Å². The molecule has 12 rings (SSSR count). The van der Waals surface area contributed by atoms with Gasteiger partial charge in [-0.2, -0.15) is 0 Å². The number of benzene rings is 9. The summed E-state index contributed by atoms with van der Waals surface area (Å²) in [5.41, 5.74) is 13.1. The Bertz CT molecular complexity index is 3560. The highest BCUT2D eigenvalue weighted by atomic mass is 32.1. The summed E-state index contributed by atoms with van der Waals surface area (Å²) in [5.74, 6) is 1.89. The number of aromatic nitrogens is 4. The molecule has 0 radical (unpaired) electrons. The van der Waals surface area contributed by atoms with Gasteiger partial charge in [-0.05, 0) is 75.8 Å². The van der Waals surface area contributed by atoms with E-state index in [0.29, 0.717) is 17.5 Å². The van der Waals surface area contributed by atoms with Gasteiger partial charge >= 0.3 is 0 Å². The second-order valence-electron chi connectivity index (χ2n) is 15.6. The summed E-state index contributed by atoms with van der Waals surface area (Å²) in [5, 5.41) is 5.03. The summed E-state index contributed by atoms with van der Waals surface area (Å²) < 4.78 is 4.89. The third-order valence-corrected chi connectivity index (χ3v) is 13.0. The summed E-state index contributed by atoms with van der Waals surface area (Å²) in [4.78, 5) is 15.6. The fraction of sp³-hybridized carbons (Fsp3) is 0. The zero-order chi connectivity index (χ0) is 41.0. The van der Waals surface area contributed by atoms with Gasteiger partial charge in [0, 0.05) is 53.3 Å². The molecule has 0 aliphatic rings.